The van der Waals surface area contributed by atoms with Crippen LogP contribution in [-0.4, -0.2) is 10.3 Å². The van der Waals surface area contributed by atoms with E-state index in [9.17, 15) is 0 Å². The molecule has 0 fully saturated rings. The number of aromatic nitrogens is 1. The van der Waals surface area contributed by atoms with Gasteiger partial charge < -0.3 is 14.4 Å². The number of thiophene rings is 1. The lowest BCUT2D eigenvalue weighted by Gasteiger charge is -2.24. The number of furan rings is 1. The van der Waals surface area contributed by atoms with Crippen LogP contribution >= 0.6 is 11.3 Å². The van der Waals surface area contributed by atoms with Crippen LogP contribution in [0, 0.1) is 11.3 Å². The van der Waals surface area contributed by atoms with Crippen molar-refractivity contribution in [3.05, 3.63) is 193 Å². The van der Waals surface area contributed by atoms with Gasteiger partial charge in [-0.2, -0.15) is 0 Å². The second-order valence-electron chi connectivity index (χ2n) is 15.1. The van der Waals surface area contributed by atoms with Crippen molar-refractivity contribution in [2.45, 2.75) is 19.8 Å². The van der Waals surface area contributed by atoms with Crippen molar-refractivity contribution in [3.63, 3.8) is 0 Å². The molecule has 4 heteroatoms. The Balaban J connectivity index is 1.02. The Labute approximate surface area is 334 Å². The maximum absolute atomic E-state index is 9.00. The minimum absolute atomic E-state index is 0.178. The predicted molar refractivity (Wildman–Crippen MR) is 243 cm³/mol. The summed E-state index contributed by atoms with van der Waals surface area (Å²) in [6, 6.07) is 54.8. The first-order valence-electron chi connectivity index (χ1n) is 19.8. The Bertz CT molecular complexity index is 3310. The third kappa shape index (κ3) is 5.43. The summed E-state index contributed by atoms with van der Waals surface area (Å²) in [6.45, 7) is 2.27. The SMILES string of the molecule is CCC(Cc1cccc2oc3cc(-n4c5ccccc5c5c6sc7ccccc7c6ccc54)ccc3c12)/C(=C1/C=CC=CC1=N)c1ccc(-c2ccccc2)cc1. The van der Waals surface area contributed by atoms with Gasteiger partial charge in [0.1, 0.15) is 11.2 Å². The van der Waals surface area contributed by atoms with E-state index < -0.39 is 0 Å². The maximum Gasteiger partial charge on any atom is 0.137 e. The zero-order valence-electron chi connectivity index (χ0n) is 31.5. The molecule has 3 heterocycles. The quantitative estimate of drug-likeness (QED) is 0.173. The Morgan fingerprint density at radius 3 is 2.23 bits per heavy atom. The average Bonchev–Trinajstić information content (AvgIpc) is 3.94. The second kappa shape index (κ2) is 13.5. The third-order valence-electron chi connectivity index (χ3n) is 11.9. The van der Waals surface area contributed by atoms with Crippen LogP contribution < -0.4 is 0 Å². The van der Waals surface area contributed by atoms with Gasteiger partial charge in [-0.15, -0.1) is 11.3 Å². The van der Waals surface area contributed by atoms with Crippen LogP contribution in [0.5, 0.6) is 0 Å². The molecule has 0 bridgehead atoms. The van der Waals surface area contributed by atoms with E-state index in [2.05, 4.69) is 175 Å². The second-order valence-corrected chi connectivity index (χ2v) is 16.1. The molecule has 3 aromatic heterocycles. The number of rotatable bonds is 7. The van der Waals surface area contributed by atoms with Gasteiger partial charge in [0.15, 0.2) is 0 Å². The van der Waals surface area contributed by atoms with E-state index in [0.717, 1.165) is 46.2 Å². The molecular weight excluding hydrogens is 713 g/mol. The minimum Gasteiger partial charge on any atom is -0.456 e. The van der Waals surface area contributed by atoms with Gasteiger partial charge in [-0.1, -0.05) is 134 Å². The standard InChI is InChI=1S/C53H38N2OS/c1-2-33(50(41-17-6-9-19-44(41)54)36-25-23-35(24-26-36)34-13-4-3-5-14-34)31-37-15-12-21-47-51(37)43-28-27-38(32-48(43)56-47)55-45-20-10-7-18-42(45)52-46(55)30-29-40-39-16-8-11-22-49(39)57-53(40)52/h3-30,32-33,54H,2,31H2,1H3/b50-41+,54-44?. The molecule has 11 rings (SSSR count). The molecule has 0 saturated heterocycles. The number of hydrogen-bond donors (Lipinski definition) is 1. The van der Waals surface area contributed by atoms with Gasteiger partial charge in [0.25, 0.3) is 0 Å². The number of nitrogens with one attached hydrogen (secondary N) is 1. The molecule has 0 radical (unpaired) electrons. The zero-order valence-corrected chi connectivity index (χ0v) is 32.3. The number of allylic oxidation sites excluding steroid dienone is 6. The van der Waals surface area contributed by atoms with Gasteiger partial charge in [0.05, 0.1) is 16.7 Å². The summed E-state index contributed by atoms with van der Waals surface area (Å²) in [7, 11) is 0. The molecule has 3 nitrogen and oxygen atoms in total. The van der Waals surface area contributed by atoms with Crippen LogP contribution in [0.25, 0.3) is 86.3 Å². The fraction of sp³-hybridized carbons (Fsp3) is 0.0755. The van der Waals surface area contributed by atoms with Crippen molar-refractivity contribution >= 4 is 86.5 Å². The summed E-state index contributed by atoms with van der Waals surface area (Å²) in [5, 5.41) is 16.5. The van der Waals surface area contributed by atoms with Crippen molar-refractivity contribution in [3.8, 4) is 16.8 Å². The minimum atomic E-state index is 0.178. The predicted octanol–water partition coefficient (Wildman–Crippen LogP) is 14.9. The molecule has 0 saturated carbocycles. The van der Waals surface area contributed by atoms with Crippen molar-refractivity contribution in [2.24, 2.45) is 5.92 Å². The molecular formula is C53H38N2OS. The number of nitrogens with zero attached hydrogens (tertiary/aromatic N) is 1. The van der Waals surface area contributed by atoms with Gasteiger partial charge in [0.2, 0.25) is 0 Å². The van der Waals surface area contributed by atoms with Gasteiger partial charge in [0, 0.05) is 59.0 Å². The summed E-state index contributed by atoms with van der Waals surface area (Å²) < 4.78 is 11.8. The van der Waals surface area contributed by atoms with Crippen LogP contribution in [0.2, 0.25) is 0 Å². The van der Waals surface area contributed by atoms with Crippen LogP contribution in [0.15, 0.2) is 186 Å². The fourth-order valence-corrected chi connectivity index (χ4v) is 10.5. The molecule has 1 N–H and O–H groups in total. The van der Waals surface area contributed by atoms with E-state index in [4.69, 9.17) is 9.83 Å². The van der Waals surface area contributed by atoms with Gasteiger partial charge in [-0.25, -0.2) is 0 Å². The number of benzene rings is 7. The van der Waals surface area contributed by atoms with E-state index in [1.807, 2.05) is 23.5 Å². The van der Waals surface area contributed by atoms with Crippen molar-refractivity contribution < 1.29 is 4.42 Å². The van der Waals surface area contributed by atoms with Crippen molar-refractivity contribution in [1.29, 1.82) is 5.41 Å². The lowest BCUT2D eigenvalue weighted by molar-refractivity contribution is 0.642. The van der Waals surface area contributed by atoms with E-state index in [1.165, 1.54) is 69.6 Å². The zero-order chi connectivity index (χ0) is 38.0. The Hall–Kier alpha value is -6.75. The van der Waals surface area contributed by atoms with E-state index in [-0.39, 0.29) is 5.92 Å². The number of para-hydroxylation sites is 1. The summed E-state index contributed by atoms with van der Waals surface area (Å²) in [5.74, 6) is 0.178. The highest BCUT2D eigenvalue weighted by Gasteiger charge is 2.24. The highest BCUT2D eigenvalue weighted by Crippen LogP contribution is 2.44. The molecule has 7 aromatic carbocycles. The first kappa shape index (κ1) is 33.6. The first-order chi connectivity index (χ1) is 28.1. The lowest BCUT2D eigenvalue weighted by atomic mass is 9.80. The lowest BCUT2D eigenvalue weighted by Crippen LogP contribution is -2.13. The number of hydrogen-bond acceptors (Lipinski definition) is 3. The van der Waals surface area contributed by atoms with Crippen LogP contribution in [0.1, 0.15) is 24.5 Å². The molecule has 1 atom stereocenters. The Morgan fingerprint density at radius 2 is 1.39 bits per heavy atom. The molecule has 1 aliphatic carbocycles. The topological polar surface area (TPSA) is 41.9 Å². The fourth-order valence-electron chi connectivity index (χ4n) is 9.23. The molecule has 0 amide bonds. The Morgan fingerprint density at radius 1 is 0.632 bits per heavy atom. The normalized spacial score (nSPS) is 14.6. The maximum atomic E-state index is 9.00. The van der Waals surface area contributed by atoms with Crippen LogP contribution in [-0.2, 0) is 6.42 Å². The van der Waals surface area contributed by atoms with Crippen LogP contribution in [0.4, 0.5) is 0 Å². The monoisotopic (exact) mass is 750 g/mol. The van der Waals surface area contributed by atoms with Crippen LogP contribution in [0.3, 0.4) is 0 Å². The molecule has 10 aromatic rings. The molecule has 272 valence electrons. The summed E-state index contributed by atoms with van der Waals surface area (Å²) >= 11 is 1.88. The summed E-state index contributed by atoms with van der Waals surface area (Å²) in [4.78, 5) is 0. The molecule has 0 aliphatic heterocycles. The summed E-state index contributed by atoms with van der Waals surface area (Å²) in [6.07, 6.45) is 9.79. The third-order valence-corrected chi connectivity index (χ3v) is 13.1. The summed E-state index contributed by atoms with van der Waals surface area (Å²) in [5.41, 5.74) is 12.8. The van der Waals surface area contributed by atoms with Gasteiger partial charge >= 0.3 is 0 Å². The van der Waals surface area contributed by atoms with Crippen molar-refractivity contribution in [2.75, 3.05) is 0 Å². The van der Waals surface area contributed by atoms with Gasteiger partial charge in [-0.3, -0.25) is 0 Å². The number of fused-ring (bicyclic) bond motifs is 10. The first-order valence-corrected chi connectivity index (χ1v) is 20.6. The largest absolute Gasteiger partial charge is 0.456 e. The molecule has 57 heavy (non-hydrogen) atoms. The molecule has 0 spiro atoms. The van der Waals surface area contributed by atoms with E-state index in [1.54, 1.807) is 0 Å². The van der Waals surface area contributed by atoms with E-state index >= 15 is 0 Å². The highest BCUT2D eigenvalue weighted by molar-refractivity contribution is 7.26. The molecule has 1 unspecified atom stereocenters. The van der Waals surface area contributed by atoms with E-state index in [0.29, 0.717) is 5.71 Å². The van der Waals surface area contributed by atoms with Gasteiger partial charge in [-0.05, 0) is 89.1 Å². The smallest absolute Gasteiger partial charge is 0.137 e. The van der Waals surface area contributed by atoms with Crippen molar-refractivity contribution in [1.82, 2.24) is 4.57 Å². The highest BCUT2D eigenvalue weighted by atomic mass is 32.1. The molecule has 1 aliphatic rings. The average molecular weight is 751 g/mol. The Kier molecular flexibility index (Phi) is 7.94.